The van der Waals surface area contributed by atoms with E-state index in [4.69, 9.17) is 0 Å². The van der Waals surface area contributed by atoms with Gasteiger partial charge in [0.05, 0.1) is 5.69 Å². The molecule has 0 amide bonds. The zero-order chi connectivity index (χ0) is 14.8. The molecule has 0 aliphatic carbocycles. The first-order valence-corrected chi connectivity index (χ1v) is 6.82. The summed E-state index contributed by atoms with van der Waals surface area (Å²) in [5.74, 6) is 0.302. The highest BCUT2D eigenvalue weighted by Gasteiger charge is 2.14. The third-order valence-electron chi connectivity index (χ3n) is 3.27. The van der Waals surface area contributed by atoms with Gasteiger partial charge in [-0.2, -0.15) is 0 Å². The number of hydrogen-bond donors (Lipinski definition) is 1. The highest BCUT2D eigenvalue weighted by Crippen LogP contribution is 2.27. The molecule has 0 radical (unpaired) electrons. The number of halogens is 1. The molecule has 0 spiro atoms. The molecule has 0 atom stereocenters. The van der Waals surface area contributed by atoms with Crippen molar-refractivity contribution in [3.05, 3.63) is 48.2 Å². The van der Waals surface area contributed by atoms with E-state index in [1.807, 2.05) is 31.2 Å². The fourth-order valence-electron chi connectivity index (χ4n) is 2.26. The van der Waals surface area contributed by atoms with E-state index in [2.05, 4.69) is 20.3 Å². The van der Waals surface area contributed by atoms with Gasteiger partial charge >= 0.3 is 0 Å². The summed E-state index contributed by atoms with van der Waals surface area (Å²) < 4.78 is 14.0. The molecule has 0 saturated carbocycles. The number of hydrogen-bond acceptors (Lipinski definition) is 4. The molecule has 3 aromatic rings. The molecule has 2 aromatic heterocycles. The van der Waals surface area contributed by atoms with Crippen LogP contribution in [0.5, 0.6) is 0 Å². The van der Waals surface area contributed by atoms with Crippen LogP contribution in [0, 0.1) is 12.7 Å². The Morgan fingerprint density at radius 1 is 1.14 bits per heavy atom. The van der Waals surface area contributed by atoms with E-state index in [0.29, 0.717) is 18.1 Å². The molecule has 3 rings (SSSR count). The number of aromatic nitrogens is 3. The van der Waals surface area contributed by atoms with Crippen molar-refractivity contribution in [2.24, 2.45) is 0 Å². The number of anilines is 1. The zero-order valence-corrected chi connectivity index (χ0v) is 11.9. The molecule has 0 unspecified atom stereocenters. The van der Waals surface area contributed by atoms with Crippen LogP contribution in [0.25, 0.3) is 22.2 Å². The maximum atomic E-state index is 14.0. The van der Waals surface area contributed by atoms with Crippen molar-refractivity contribution < 1.29 is 4.39 Å². The first-order chi connectivity index (χ1) is 10.2. The van der Waals surface area contributed by atoms with Crippen LogP contribution in [-0.2, 0) is 0 Å². The van der Waals surface area contributed by atoms with Crippen molar-refractivity contribution in [3.8, 4) is 11.4 Å². The predicted octanol–water partition coefficient (Wildman–Crippen LogP) is 3.57. The molecule has 0 aliphatic rings. The molecule has 0 aliphatic heterocycles. The monoisotopic (exact) mass is 282 g/mol. The molecular weight excluding hydrogens is 267 g/mol. The number of fused-ring (bicyclic) bond motifs is 1. The lowest BCUT2D eigenvalue weighted by Crippen LogP contribution is -2.07. The van der Waals surface area contributed by atoms with Gasteiger partial charge in [-0.15, -0.1) is 0 Å². The number of benzene rings is 1. The minimum absolute atomic E-state index is 0.230. The number of nitrogens with one attached hydrogen (secondary N) is 1. The number of nitrogens with zero attached hydrogens (tertiary/aromatic N) is 3. The number of rotatable bonds is 3. The van der Waals surface area contributed by atoms with Gasteiger partial charge in [-0.1, -0.05) is 24.3 Å². The van der Waals surface area contributed by atoms with Gasteiger partial charge in [-0.25, -0.2) is 14.4 Å². The van der Waals surface area contributed by atoms with Gasteiger partial charge in [0.25, 0.3) is 0 Å². The summed E-state index contributed by atoms with van der Waals surface area (Å²) in [5, 5.41) is 4.93. The van der Waals surface area contributed by atoms with Crippen LogP contribution >= 0.6 is 0 Å². The van der Waals surface area contributed by atoms with Crippen molar-refractivity contribution in [2.75, 3.05) is 11.9 Å². The molecule has 4 nitrogen and oxygen atoms in total. The Kier molecular flexibility index (Phi) is 3.48. The van der Waals surface area contributed by atoms with Crippen LogP contribution in [0.15, 0.2) is 36.7 Å². The van der Waals surface area contributed by atoms with Crippen LogP contribution in [0.1, 0.15) is 12.6 Å². The second-order valence-electron chi connectivity index (χ2n) is 4.73. The van der Waals surface area contributed by atoms with Crippen LogP contribution in [-0.4, -0.2) is 21.5 Å². The summed E-state index contributed by atoms with van der Waals surface area (Å²) in [4.78, 5) is 12.8. The van der Waals surface area contributed by atoms with Crippen molar-refractivity contribution >= 4 is 16.6 Å². The Labute approximate surface area is 122 Å². The van der Waals surface area contributed by atoms with Gasteiger partial charge in [-0.3, -0.25) is 4.98 Å². The molecule has 106 valence electrons. The van der Waals surface area contributed by atoms with Crippen molar-refractivity contribution in [1.82, 2.24) is 15.0 Å². The highest BCUT2D eigenvalue weighted by atomic mass is 19.1. The first-order valence-electron chi connectivity index (χ1n) is 6.82. The van der Waals surface area contributed by atoms with Crippen LogP contribution in [0.2, 0.25) is 0 Å². The minimum atomic E-state index is -0.409. The second kappa shape index (κ2) is 5.44. The van der Waals surface area contributed by atoms with E-state index in [1.54, 1.807) is 19.3 Å². The van der Waals surface area contributed by atoms with E-state index in [9.17, 15) is 4.39 Å². The lowest BCUT2D eigenvalue weighted by atomic mass is 10.1. The molecule has 21 heavy (non-hydrogen) atoms. The van der Waals surface area contributed by atoms with Crippen LogP contribution in [0.4, 0.5) is 10.2 Å². The zero-order valence-electron chi connectivity index (χ0n) is 11.9. The van der Waals surface area contributed by atoms with Crippen LogP contribution in [0.3, 0.4) is 0 Å². The Morgan fingerprint density at radius 3 is 2.76 bits per heavy atom. The molecule has 0 bridgehead atoms. The second-order valence-corrected chi connectivity index (χ2v) is 4.73. The van der Waals surface area contributed by atoms with E-state index in [0.717, 1.165) is 16.3 Å². The van der Waals surface area contributed by atoms with Crippen molar-refractivity contribution in [1.29, 1.82) is 0 Å². The quantitative estimate of drug-likeness (QED) is 0.798. The molecule has 1 aromatic carbocycles. The SMILES string of the molecule is CCNc1nc(-c2cncc3ccccc23)nc(C)c1F. The topological polar surface area (TPSA) is 50.7 Å². The molecule has 0 saturated heterocycles. The van der Waals surface area contributed by atoms with Gasteiger partial charge < -0.3 is 5.32 Å². The van der Waals surface area contributed by atoms with E-state index < -0.39 is 5.82 Å². The smallest absolute Gasteiger partial charge is 0.186 e. The maximum absolute atomic E-state index is 14.0. The lowest BCUT2D eigenvalue weighted by molar-refractivity contribution is 0.606. The van der Waals surface area contributed by atoms with Crippen LogP contribution < -0.4 is 5.32 Å². The van der Waals surface area contributed by atoms with Gasteiger partial charge in [0.2, 0.25) is 0 Å². The predicted molar refractivity (Wildman–Crippen MR) is 81.6 cm³/mol. The summed E-state index contributed by atoms with van der Waals surface area (Å²) in [6.45, 7) is 4.14. The van der Waals surface area contributed by atoms with Crippen molar-refractivity contribution in [2.45, 2.75) is 13.8 Å². The first kappa shape index (κ1) is 13.4. The van der Waals surface area contributed by atoms with Crippen molar-refractivity contribution in [3.63, 3.8) is 0 Å². The average Bonchev–Trinajstić information content (AvgIpc) is 2.51. The molecule has 5 heteroatoms. The summed E-state index contributed by atoms with van der Waals surface area (Å²) in [7, 11) is 0. The standard InChI is InChI=1S/C16H15FN4/c1-3-19-16-14(17)10(2)20-15(21-16)13-9-18-8-11-6-4-5-7-12(11)13/h4-9H,3H2,1-2H3,(H,19,20,21). The third-order valence-corrected chi connectivity index (χ3v) is 3.27. The summed E-state index contributed by atoms with van der Waals surface area (Å²) >= 11 is 0. The van der Waals surface area contributed by atoms with Gasteiger partial charge in [0, 0.05) is 29.9 Å². The minimum Gasteiger partial charge on any atom is -0.368 e. The largest absolute Gasteiger partial charge is 0.368 e. The fourth-order valence-corrected chi connectivity index (χ4v) is 2.26. The maximum Gasteiger partial charge on any atom is 0.186 e. The summed E-state index contributed by atoms with van der Waals surface area (Å²) in [5.41, 5.74) is 1.12. The number of aryl methyl sites for hydroxylation is 1. The van der Waals surface area contributed by atoms with Gasteiger partial charge in [-0.05, 0) is 19.2 Å². The van der Waals surface area contributed by atoms with Gasteiger partial charge in [0.1, 0.15) is 0 Å². The van der Waals surface area contributed by atoms with E-state index in [-0.39, 0.29) is 5.82 Å². The average molecular weight is 282 g/mol. The lowest BCUT2D eigenvalue weighted by Gasteiger charge is -2.10. The molecule has 1 N–H and O–H groups in total. The Balaban J connectivity index is 2.23. The highest BCUT2D eigenvalue weighted by molar-refractivity contribution is 5.94. The van der Waals surface area contributed by atoms with E-state index >= 15 is 0 Å². The number of pyridine rings is 1. The fraction of sp³-hybridized carbons (Fsp3) is 0.188. The third kappa shape index (κ3) is 2.42. The molecule has 0 fully saturated rings. The molecule has 2 heterocycles. The summed E-state index contributed by atoms with van der Waals surface area (Å²) in [6.07, 6.45) is 3.51. The summed E-state index contributed by atoms with van der Waals surface area (Å²) in [6, 6.07) is 7.87. The van der Waals surface area contributed by atoms with E-state index in [1.165, 1.54) is 0 Å². The Hall–Kier alpha value is -2.56. The van der Waals surface area contributed by atoms with Gasteiger partial charge in [0.15, 0.2) is 17.5 Å². The Bertz CT molecular complexity index is 796. The Morgan fingerprint density at radius 2 is 1.95 bits per heavy atom. The normalized spacial score (nSPS) is 10.8. The molecular formula is C16H15FN4.